The third-order valence-electron chi connectivity index (χ3n) is 4.72. The van der Waals surface area contributed by atoms with Gasteiger partial charge >= 0.3 is 12.2 Å². The highest BCUT2D eigenvalue weighted by molar-refractivity contribution is 5.95. The first-order valence-electron chi connectivity index (χ1n) is 8.80. The lowest BCUT2D eigenvalue weighted by atomic mass is 9.85. The number of fused-ring (bicyclic) bond motifs is 1. The second-order valence-corrected chi connectivity index (χ2v) is 6.98. The van der Waals surface area contributed by atoms with E-state index >= 15 is 0 Å². The lowest BCUT2D eigenvalue weighted by Crippen LogP contribution is -2.59. The lowest BCUT2D eigenvalue weighted by Gasteiger charge is -2.37. The topological polar surface area (TPSA) is 80.0 Å². The van der Waals surface area contributed by atoms with Crippen LogP contribution in [0.15, 0.2) is 36.4 Å². The lowest BCUT2D eigenvalue weighted by molar-refractivity contribution is -0.178. The maximum Gasteiger partial charge on any atom is 0.427 e. The van der Waals surface area contributed by atoms with E-state index in [-0.39, 0.29) is 17.2 Å². The molecule has 8 heteroatoms. The van der Waals surface area contributed by atoms with Gasteiger partial charge in [-0.2, -0.15) is 13.2 Å². The van der Waals surface area contributed by atoms with Gasteiger partial charge in [0.1, 0.15) is 5.82 Å². The SMILES string of the molecule is Nc1cccc(Cc2ccc3c(c2)NC(=O)N[C@]3(C#CC2CC2)C(F)(F)F)n1. The van der Waals surface area contributed by atoms with Crippen LogP contribution in [0, 0.1) is 17.8 Å². The Balaban J connectivity index is 1.76. The molecule has 0 spiro atoms. The molecule has 4 N–H and O–H groups in total. The number of alkyl halides is 3. The van der Waals surface area contributed by atoms with E-state index in [0.717, 1.165) is 12.8 Å². The number of rotatable bonds is 2. The monoisotopic (exact) mass is 386 g/mol. The summed E-state index contributed by atoms with van der Waals surface area (Å²) in [6.45, 7) is 0. The molecule has 1 saturated carbocycles. The minimum absolute atomic E-state index is 0.0386. The number of anilines is 2. The molecule has 0 saturated heterocycles. The number of urea groups is 1. The third-order valence-corrected chi connectivity index (χ3v) is 4.72. The molecule has 2 aliphatic rings. The molecule has 144 valence electrons. The van der Waals surface area contributed by atoms with E-state index < -0.39 is 17.7 Å². The van der Waals surface area contributed by atoms with Gasteiger partial charge in [0, 0.05) is 29.3 Å². The molecule has 4 rings (SSSR count). The van der Waals surface area contributed by atoms with E-state index in [9.17, 15) is 18.0 Å². The molecular formula is C20H17F3N4O. The summed E-state index contributed by atoms with van der Waals surface area (Å²) in [6, 6.07) is 8.72. The molecule has 1 fully saturated rings. The Morgan fingerprint density at radius 1 is 1.25 bits per heavy atom. The first-order chi connectivity index (χ1) is 13.3. The predicted octanol–water partition coefficient (Wildman–Crippen LogP) is 3.56. The van der Waals surface area contributed by atoms with Gasteiger partial charge in [-0.25, -0.2) is 9.78 Å². The summed E-state index contributed by atoms with van der Waals surface area (Å²) in [7, 11) is 0. The van der Waals surface area contributed by atoms with E-state index in [1.54, 1.807) is 24.3 Å². The van der Waals surface area contributed by atoms with Crippen LogP contribution >= 0.6 is 0 Å². The van der Waals surface area contributed by atoms with E-state index in [1.165, 1.54) is 12.1 Å². The number of halogens is 3. The second kappa shape index (κ2) is 6.44. The van der Waals surface area contributed by atoms with Crippen LogP contribution in [0.25, 0.3) is 0 Å². The number of amides is 2. The quantitative estimate of drug-likeness (QED) is 0.691. The average molecular weight is 386 g/mol. The molecule has 1 aromatic heterocycles. The van der Waals surface area contributed by atoms with Gasteiger partial charge in [0.15, 0.2) is 0 Å². The first kappa shape index (κ1) is 18.2. The van der Waals surface area contributed by atoms with Crippen molar-refractivity contribution in [3.8, 4) is 11.8 Å². The minimum Gasteiger partial charge on any atom is -0.384 e. The summed E-state index contributed by atoms with van der Waals surface area (Å²) in [6.07, 6.45) is -2.83. The number of pyridine rings is 1. The number of hydrogen-bond donors (Lipinski definition) is 3. The molecule has 5 nitrogen and oxygen atoms in total. The molecular weight excluding hydrogens is 369 g/mol. The molecule has 1 atom stereocenters. The van der Waals surface area contributed by atoms with Gasteiger partial charge in [-0.3, -0.25) is 0 Å². The van der Waals surface area contributed by atoms with Crippen molar-refractivity contribution < 1.29 is 18.0 Å². The molecule has 2 aromatic rings. The van der Waals surface area contributed by atoms with Crippen molar-refractivity contribution in [1.82, 2.24) is 10.3 Å². The van der Waals surface area contributed by atoms with Crippen LogP contribution in [0.2, 0.25) is 0 Å². The highest BCUT2D eigenvalue weighted by Crippen LogP contribution is 2.44. The van der Waals surface area contributed by atoms with Crippen LogP contribution in [0.1, 0.15) is 29.7 Å². The van der Waals surface area contributed by atoms with Gasteiger partial charge in [0.25, 0.3) is 0 Å². The average Bonchev–Trinajstić information content (AvgIpc) is 3.42. The number of carbonyl (C=O) groups excluding carboxylic acids is 1. The Morgan fingerprint density at radius 3 is 2.71 bits per heavy atom. The number of nitrogens with zero attached hydrogens (tertiary/aromatic N) is 1. The maximum atomic E-state index is 14.0. The van der Waals surface area contributed by atoms with Crippen LogP contribution in [-0.2, 0) is 12.0 Å². The van der Waals surface area contributed by atoms with Crippen LogP contribution in [0.4, 0.5) is 29.5 Å². The zero-order valence-corrected chi connectivity index (χ0v) is 14.7. The number of benzene rings is 1. The van der Waals surface area contributed by atoms with Crippen LogP contribution in [-0.4, -0.2) is 17.2 Å². The molecule has 28 heavy (non-hydrogen) atoms. The summed E-state index contributed by atoms with van der Waals surface area (Å²) in [5.41, 5.74) is 4.30. The van der Waals surface area contributed by atoms with Crippen LogP contribution in [0.3, 0.4) is 0 Å². The smallest absolute Gasteiger partial charge is 0.384 e. The summed E-state index contributed by atoms with van der Waals surface area (Å²) >= 11 is 0. The van der Waals surface area contributed by atoms with Crippen LogP contribution < -0.4 is 16.4 Å². The normalized spacial score (nSPS) is 21.0. The van der Waals surface area contributed by atoms with Crippen molar-refractivity contribution >= 4 is 17.5 Å². The van der Waals surface area contributed by atoms with Crippen molar-refractivity contribution in [3.63, 3.8) is 0 Å². The largest absolute Gasteiger partial charge is 0.427 e. The number of hydrogen-bond acceptors (Lipinski definition) is 3. The maximum absolute atomic E-state index is 14.0. The molecule has 0 radical (unpaired) electrons. The van der Waals surface area contributed by atoms with Gasteiger partial charge in [-0.15, -0.1) is 0 Å². The Kier molecular flexibility index (Phi) is 4.18. The summed E-state index contributed by atoms with van der Waals surface area (Å²) in [4.78, 5) is 16.2. The number of carbonyl (C=O) groups is 1. The fourth-order valence-corrected chi connectivity index (χ4v) is 3.16. The Morgan fingerprint density at radius 2 is 2.04 bits per heavy atom. The minimum atomic E-state index is -4.77. The van der Waals surface area contributed by atoms with Gasteiger partial charge < -0.3 is 16.4 Å². The molecule has 1 aromatic carbocycles. The van der Waals surface area contributed by atoms with Crippen molar-refractivity contribution in [2.75, 3.05) is 11.1 Å². The highest BCUT2D eigenvalue weighted by atomic mass is 19.4. The molecule has 2 heterocycles. The van der Waals surface area contributed by atoms with Gasteiger partial charge in [-0.05, 0) is 36.6 Å². The van der Waals surface area contributed by atoms with E-state index in [4.69, 9.17) is 5.73 Å². The molecule has 2 amide bonds. The Labute approximate surface area is 159 Å². The number of nitrogens with one attached hydrogen (secondary N) is 2. The van der Waals surface area contributed by atoms with Crippen molar-refractivity contribution in [2.24, 2.45) is 5.92 Å². The van der Waals surface area contributed by atoms with Crippen molar-refractivity contribution in [2.45, 2.75) is 31.0 Å². The fourth-order valence-electron chi connectivity index (χ4n) is 3.16. The standard InChI is InChI=1S/C20H17F3N4O/c21-20(22,23)19(9-8-12-4-5-12)15-7-6-13(11-16(15)26-18(28)27-19)10-14-2-1-3-17(24)25-14/h1-3,6-7,11-12H,4-5,10H2,(H2,24,25)(H2,26,27,28)/t19-/m0/s1. The predicted molar refractivity (Wildman–Crippen MR) is 98.3 cm³/mol. The molecule has 0 bridgehead atoms. The Bertz CT molecular complexity index is 1000. The van der Waals surface area contributed by atoms with E-state index in [0.29, 0.717) is 23.5 Å². The van der Waals surface area contributed by atoms with Gasteiger partial charge in [0.05, 0.1) is 0 Å². The molecule has 1 aliphatic heterocycles. The summed E-state index contributed by atoms with van der Waals surface area (Å²) in [5, 5.41) is 4.47. The van der Waals surface area contributed by atoms with E-state index in [2.05, 4.69) is 22.1 Å². The number of nitrogens with two attached hydrogens (primary N) is 1. The second-order valence-electron chi connectivity index (χ2n) is 6.98. The number of nitrogen functional groups attached to an aromatic ring is 1. The van der Waals surface area contributed by atoms with Gasteiger partial charge in [0.2, 0.25) is 5.54 Å². The van der Waals surface area contributed by atoms with Crippen LogP contribution in [0.5, 0.6) is 0 Å². The molecule has 0 unspecified atom stereocenters. The zero-order chi connectivity index (χ0) is 19.9. The zero-order valence-electron chi connectivity index (χ0n) is 14.7. The van der Waals surface area contributed by atoms with E-state index in [1.807, 2.05) is 5.32 Å². The molecule has 1 aliphatic carbocycles. The Hall–Kier alpha value is -3.21. The summed E-state index contributed by atoms with van der Waals surface area (Å²) < 4.78 is 42.1. The first-order valence-corrected chi connectivity index (χ1v) is 8.80. The van der Waals surface area contributed by atoms with Crippen molar-refractivity contribution in [1.29, 1.82) is 0 Å². The fraction of sp³-hybridized carbons (Fsp3) is 0.300. The third kappa shape index (κ3) is 3.36. The highest BCUT2D eigenvalue weighted by Gasteiger charge is 2.59. The van der Waals surface area contributed by atoms with Gasteiger partial charge in [-0.1, -0.05) is 30.0 Å². The number of aromatic nitrogens is 1. The summed E-state index contributed by atoms with van der Waals surface area (Å²) in [5.74, 6) is 5.31. The van der Waals surface area contributed by atoms with Crippen molar-refractivity contribution in [3.05, 3.63) is 53.2 Å².